The van der Waals surface area contributed by atoms with Gasteiger partial charge in [-0.3, -0.25) is 9.59 Å². The van der Waals surface area contributed by atoms with Crippen molar-refractivity contribution in [3.05, 3.63) is 47.4 Å². The lowest BCUT2D eigenvalue weighted by Crippen LogP contribution is -2.56. The second-order valence-electron chi connectivity index (χ2n) is 10.2. The van der Waals surface area contributed by atoms with Gasteiger partial charge in [0.05, 0.1) is 30.4 Å². The molecule has 12 heteroatoms. The summed E-state index contributed by atoms with van der Waals surface area (Å²) >= 11 is 0. The van der Waals surface area contributed by atoms with Gasteiger partial charge in [-0.15, -0.1) is 0 Å². The molecule has 6 rings (SSSR count). The first kappa shape index (κ1) is 24.4. The lowest BCUT2D eigenvalue weighted by Gasteiger charge is -2.38. The number of fused-ring (bicyclic) bond motifs is 4. The summed E-state index contributed by atoms with van der Waals surface area (Å²) in [5, 5.41) is 7.73. The second-order valence-corrected chi connectivity index (χ2v) is 10.2. The molecular formula is C26H31FN8O3. The van der Waals surface area contributed by atoms with Crippen molar-refractivity contribution >= 4 is 29.1 Å². The average Bonchev–Trinajstić information content (AvgIpc) is 3.32. The maximum Gasteiger partial charge on any atom is 0.258 e. The maximum absolute atomic E-state index is 14.3. The third-order valence-corrected chi connectivity index (χ3v) is 7.38. The molecule has 3 aromatic rings. The Morgan fingerprint density at radius 1 is 1.16 bits per heavy atom. The van der Waals surface area contributed by atoms with E-state index in [9.17, 15) is 14.0 Å². The zero-order chi connectivity index (χ0) is 26.4. The van der Waals surface area contributed by atoms with Gasteiger partial charge in [0, 0.05) is 44.9 Å². The average molecular weight is 523 g/mol. The van der Waals surface area contributed by atoms with E-state index in [4.69, 9.17) is 20.6 Å². The number of amides is 2. The highest BCUT2D eigenvalue weighted by Gasteiger charge is 2.33. The Labute approximate surface area is 219 Å². The van der Waals surface area contributed by atoms with Crippen LogP contribution >= 0.6 is 0 Å². The topological polar surface area (TPSA) is 121 Å². The van der Waals surface area contributed by atoms with Gasteiger partial charge in [0.1, 0.15) is 29.8 Å². The number of piperidine rings is 1. The first-order valence-corrected chi connectivity index (χ1v) is 13.0. The molecule has 11 nitrogen and oxygen atoms in total. The molecule has 1 aromatic carbocycles. The Balaban J connectivity index is 1.46. The largest absolute Gasteiger partial charge is 0.491 e. The molecule has 5 heterocycles. The number of anilines is 2. The molecule has 3 aliphatic heterocycles. The molecule has 0 radical (unpaired) electrons. The number of ether oxygens (including phenoxy) is 1. The number of carbonyl (C=O) groups is 2. The van der Waals surface area contributed by atoms with Crippen molar-refractivity contribution in [1.29, 1.82) is 0 Å². The van der Waals surface area contributed by atoms with Crippen LogP contribution in [0.25, 0.3) is 5.65 Å². The molecule has 2 bridgehead atoms. The Hall–Kier alpha value is -3.93. The van der Waals surface area contributed by atoms with Crippen molar-refractivity contribution in [1.82, 2.24) is 24.8 Å². The maximum atomic E-state index is 14.3. The molecule has 3 aliphatic rings. The second kappa shape index (κ2) is 9.75. The van der Waals surface area contributed by atoms with E-state index in [1.807, 2.05) is 24.1 Å². The first-order valence-electron chi connectivity index (χ1n) is 13.0. The van der Waals surface area contributed by atoms with Crippen LogP contribution in [0.5, 0.6) is 5.75 Å². The van der Waals surface area contributed by atoms with Crippen molar-refractivity contribution < 1.29 is 18.7 Å². The molecule has 0 aliphatic carbocycles. The van der Waals surface area contributed by atoms with Gasteiger partial charge >= 0.3 is 0 Å². The first-order chi connectivity index (χ1) is 18.4. The van der Waals surface area contributed by atoms with E-state index in [2.05, 4.69) is 10.2 Å². The summed E-state index contributed by atoms with van der Waals surface area (Å²) in [5.41, 5.74) is 7.50. The van der Waals surface area contributed by atoms with E-state index < -0.39 is 5.82 Å². The van der Waals surface area contributed by atoms with Gasteiger partial charge in [-0.25, -0.2) is 9.37 Å². The predicted molar refractivity (Wildman–Crippen MR) is 139 cm³/mol. The monoisotopic (exact) mass is 522 g/mol. The zero-order valence-corrected chi connectivity index (χ0v) is 21.3. The van der Waals surface area contributed by atoms with Crippen LogP contribution in [0.15, 0.2) is 30.3 Å². The molecule has 1 atom stereocenters. The van der Waals surface area contributed by atoms with E-state index in [0.717, 1.165) is 25.1 Å². The van der Waals surface area contributed by atoms with E-state index >= 15 is 0 Å². The van der Waals surface area contributed by atoms with Gasteiger partial charge in [0.15, 0.2) is 5.65 Å². The molecule has 2 amide bonds. The van der Waals surface area contributed by atoms with E-state index in [1.165, 1.54) is 18.2 Å². The molecular weight excluding hydrogens is 491 g/mol. The predicted octanol–water partition coefficient (Wildman–Crippen LogP) is 1.33. The number of carbonyl (C=O) groups excluding carboxylic acids is 2. The van der Waals surface area contributed by atoms with Crippen molar-refractivity contribution in [2.75, 3.05) is 56.2 Å². The number of benzene rings is 1. The minimum absolute atomic E-state index is 0.100. The van der Waals surface area contributed by atoms with Gasteiger partial charge in [-0.1, -0.05) is 0 Å². The molecule has 1 unspecified atom stereocenters. The number of hydrogen-bond acceptors (Lipinski definition) is 8. The van der Waals surface area contributed by atoms with Crippen LogP contribution in [0, 0.1) is 5.82 Å². The smallest absolute Gasteiger partial charge is 0.258 e. The lowest BCUT2D eigenvalue weighted by molar-refractivity contribution is -0.119. The Kier molecular flexibility index (Phi) is 6.26. The third-order valence-electron chi connectivity index (χ3n) is 7.38. The summed E-state index contributed by atoms with van der Waals surface area (Å²) in [6.07, 6.45) is 2.51. The number of nitrogens with zero attached hydrogens (tertiary/aromatic N) is 6. The number of likely N-dealkylation sites (N-methyl/N-ethyl adjacent to an activating group) is 1. The van der Waals surface area contributed by atoms with Gasteiger partial charge in [-0.05, 0) is 37.5 Å². The van der Waals surface area contributed by atoms with Gasteiger partial charge in [0.25, 0.3) is 5.91 Å². The van der Waals surface area contributed by atoms with E-state index in [-0.39, 0.29) is 54.9 Å². The molecule has 2 aromatic heterocycles. The van der Waals surface area contributed by atoms with Gasteiger partial charge in [-0.2, -0.15) is 9.61 Å². The standard InChI is InChI=1S/C26H31FN8O3/c1-32-15-24(36)29-7-9-38-21-6-5-16(27)10-18(21)26(37)34-8-3-2-4-20(34)19-11-23-30-22(33-13-17(28)14-33)12-25(32)35(23)31-19/h5-6,10-12,17,20H,2-4,7-9,13-15,28H2,1H3,(H,29,36). The molecule has 2 fully saturated rings. The number of nitrogens with two attached hydrogens (primary N) is 1. The van der Waals surface area contributed by atoms with Crippen LogP contribution in [0.4, 0.5) is 16.0 Å². The number of halogens is 1. The normalized spacial score (nSPS) is 21.1. The van der Waals surface area contributed by atoms with Crippen LogP contribution in [0.1, 0.15) is 41.4 Å². The highest BCUT2D eigenvalue weighted by atomic mass is 19.1. The van der Waals surface area contributed by atoms with Crippen LogP contribution in [0.2, 0.25) is 0 Å². The van der Waals surface area contributed by atoms with Crippen LogP contribution < -0.4 is 25.6 Å². The van der Waals surface area contributed by atoms with Crippen molar-refractivity contribution in [3.63, 3.8) is 0 Å². The van der Waals surface area contributed by atoms with Gasteiger partial charge in [0.2, 0.25) is 5.91 Å². The number of hydrogen-bond donors (Lipinski definition) is 2. The fraction of sp³-hybridized carbons (Fsp3) is 0.462. The highest BCUT2D eigenvalue weighted by Crippen LogP contribution is 2.35. The summed E-state index contributed by atoms with van der Waals surface area (Å²) in [7, 11) is 1.84. The molecule has 0 spiro atoms. The van der Waals surface area contributed by atoms with E-state index in [1.54, 1.807) is 9.42 Å². The Morgan fingerprint density at radius 3 is 2.82 bits per heavy atom. The fourth-order valence-corrected chi connectivity index (χ4v) is 5.40. The zero-order valence-electron chi connectivity index (χ0n) is 21.3. The summed E-state index contributed by atoms with van der Waals surface area (Å²) in [4.78, 5) is 37.1. The fourth-order valence-electron chi connectivity index (χ4n) is 5.40. The molecule has 0 saturated carbocycles. The van der Waals surface area contributed by atoms with Crippen LogP contribution in [-0.4, -0.2) is 83.7 Å². The quantitative estimate of drug-likeness (QED) is 0.491. The number of rotatable bonds is 1. The van der Waals surface area contributed by atoms with Gasteiger partial charge < -0.3 is 30.5 Å². The summed E-state index contributed by atoms with van der Waals surface area (Å²) in [6, 6.07) is 7.56. The van der Waals surface area contributed by atoms with Crippen LogP contribution in [0.3, 0.4) is 0 Å². The van der Waals surface area contributed by atoms with Crippen molar-refractivity contribution in [2.24, 2.45) is 5.73 Å². The number of aromatic nitrogens is 3. The lowest BCUT2D eigenvalue weighted by atomic mass is 9.98. The van der Waals surface area contributed by atoms with Crippen LogP contribution in [-0.2, 0) is 4.79 Å². The summed E-state index contributed by atoms with van der Waals surface area (Å²) in [5.74, 6) is 0.742. The number of nitrogens with one attached hydrogen (secondary N) is 1. The molecule has 2 saturated heterocycles. The Morgan fingerprint density at radius 2 is 2.00 bits per heavy atom. The Bertz CT molecular complexity index is 1390. The molecule has 38 heavy (non-hydrogen) atoms. The minimum atomic E-state index is -0.514. The summed E-state index contributed by atoms with van der Waals surface area (Å²) in [6.45, 7) is 2.41. The molecule has 3 N–H and O–H groups in total. The highest BCUT2D eigenvalue weighted by molar-refractivity contribution is 5.97. The van der Waals surface area contributed by atoms with E-state index in [0.29, 0.717) is 36.8 Å². The SMILES string of the molecule is CN1CC(=O)NCCOc2ccc(F)cc2C(=O)N2CCCCC2c2cc3nc(N4CC(N)C4)cc1n3n2. The third kappa shape index (κ3) is 4.49. The minimum Gasteiger partial charge on any atom is -0.491 e. The molecule has 200 valence electrons. The summed E-state index contributed by atoms with van der Waals surface area (Å²) < 4.78 is 21.8. The van der Waals surface area contributed by atoms with Crippen molar-refractivity contribution in [2.45, 2.75) is 31.3 Å². The van der Waals surface area contributed by atoms with Crippen molar-refractivity contribution in [3.8, 4) is 5.75 Å².